The highest BCUT2D eigenvalue weighted by molar-refractivity contribution is 5.80. The van der Waals surface area contributed by atoms with Gasteiger partial charge in [-0.25, -0.2) is 9.59 Å². The second-order valence-corrected chi connectivity index (χ2v) is 8.94. The number of nitrogens with one attached hydrogen (secondary N) is 2. The van der Waals surface area contributed by atoms with Crippen molar-refractivity contribution in [3.8, 4) is 11.1 Å². The first-order chi connectivity index (χ1) is 16.4. The fourth-order valence-electron chi connectivity index (χ4n) is 4.74. The molecular formula is C26H30N2O6. The van der Waals surface area contributed by atoms with Gasteiger partial charge in [-0.05, 0) is 41.0 Å². The molecule has 4 rings (SSSR count). The number of carboxylic acid groups (broad SMARTS) is 1. The molecule has 0 aromatic heterocycles. The van der Waals surface area contributed by atoms with Crippen LogP contribution in [0.2, 0.25) is 0 Å². The van der Waals surface area contributed by atoms with Gasteiger partial charge in [0, 0.05) is 25.5 Å². The summed E-state index contributed by atoms with van der Waals surface area (Å²) in [7, 11) is 0. The molecule has 1 saturated heterocycles. The first-order valence-electron chi connectivity index (χ1n) is 11.7. The number of carbonyl (C=O) groups is 3. The monoisotopic (exact) mass is 466 g/mol. The fraction of sp³-hybridized carbons (Fsp3) is 0.423. The molecule has 1 aliphatic carbocycles. The van der Waals surface area contributed by atoms with Gasteiger partial charge in [-0.1, -0.05) is 55.5 Å². The minimum Gasteiger partial charge on any atom is -0.479 e. The lowest BCUT2D eigenvalue weighted by Gasteiger charge is -2.18. The second-order valence-electron chi connectivity index (χ2n) is 8.94. The third-order valence-electron chi connectivity index (χ3n) is 6.47. The lowest BCUT2D eigenvalue weighted by Crippen LogP contribution is -2.44. The molecule has 3 unspecified atom stereocenters. The van der Waals surface area contributed by atoms with Gasteiger partial charge < -0.3 is 25.2 Å². The van der Waals surface area contributed by atoms with Crippen LogP contribution >= 0.6 is 0 Å². The summed E-state index contributed by atoms with van der Waals surface area (Å²) in [4.78, 5) is 35.7. The summed E-state index contributed by atoms with van der Waals surface area (Å²) < 4.78 is 10.7. The van der Waals surface area contributed by atoms with E-state index in [2.05, 4.69) is 34.9 Å². The summed E-state index contributed by atoms with van der Waals surface area (Å²) >= 11 is 0. The average Bonchev–Trinajstić information content (AvgIpc) is 3.40. The molecule has 8 heteroatoms. The van der Waals surface area contributed by atoms with Crippen LogP contribution in [0.1, 0.15) is 43.2 Å². The Balaban J connectivity index is 1.19. The first kappa shape index (κ1) is 23.8. The topological polar surface area (TPSA) is 114 Å². The Hall–Kier alpha value is -3.39. The maximum Gasteiger partial charge on any atom is 0.407 e. The van der Waals surface area contributed by atoms with Crippen LogP contribution in [-0.4, -0.2) is 55.0 Å². The highest BCUT2D eigenvalue weighted by Crippen LogP contribution is 2.44. The number of ether oxygens (including phenoxy) is 2. The molecule has 1 fully saturated rings. The van der Waals surface area contributed by atoms with Gasteiger partial charge in [0.1, 0.15) is 6.61 Å². The standard InChI is InChI=1S/C26H30N2O6/c1-16(14-23(29)28-22-11-13-33-24(22)25(30)31)10-12-27-26(32)34-15-21-19-8-4-2-6-17(19)18-7-3-5-9-20(18)21/h2-9,16,21-22,24H,10-15H2,1H3,(H,27,32)(H,28,29)(H,30,31). The van der Waals surface area contributed by atoms with Crippen molar-refractivity contribution in [2.75, 3.05) is 19.8 Å². The van der Waals surface area contributed by atoms with Crippen molar-refractivity contribution < 1.29 is 29.0 Å². The number of hydrogen-bond donors (Lipinski definition) is 3. The van der Waals surface area contributed by atoms with Crippen LogP contribution in [0.15, 0.2) is 48.5 Å². The van der Waals surface area contributed by atoms with Crippen LogP contribution < -0.4 is 10.6 Å². The molecule has 0 saturated carbocycles. The Morgan fingerprint density at radius 1 is 1.09 bits per heavy atom. The summed E-state index contributed by atoms with van der Waals surface area (Å²) in [6.07, 6.45) is -0.142. The number of fused-ring (bicyclic) bond motifs is 3. The van der Waals surface area contributed by atoms with Crippen LogP contribution in [0, 0.1) is 5.92 Å². The van der Waals surface area contributed by atoms with Gasteiger partial charge in [-0.2, -0.15) is 0 Å². The van der Waals surface area contributed by atoms with E-state index in [0.29, 0.717) is 26.0 Å². The van der Waals surface area contributed by atoms with Gasteiger partial charge in [0.05, 0.1) is 6.04 Å². The molecule has 0 radical (unpaired) electrons. The van der Waals surface area contributed by atoms with Crippen LogP contribution in [0.5, 0.6) is 0 Å². The van der Waals surface area contributed by atoms with E-state index in [4.69, 9.17) is 14.6 Å². The Labute approximate surface area is 198 Å². The average molecular weight is 467 g/mol. The van der Waals surface area contributed by atoms with E-state index in [9.17, 15) is 14.4 Å². The van der Waals surface area contributed by atoms with Gasteiger partial charge in [-0.15, -0.1) is 0 Å². The zero-order valence-corrected chi connectivity index (χ0v) is 19.2. The molecular weight excluding hydrogens is 436 g/mol. The second kappa shape index (κ2) is 10.7. The van der Waals surface area contributed by atoms with E-state index in [1.807, 2.05) is 31.2 Å². The van der Waals surface area contributed by atoms with Gasteiger partial charge >= 0.3 is 12.1 Å². The van der Waals surface area contributed by atoms with E-state index in [0.717, 1.165) is 11.1 Å². The minimum absolute atomic E-state index is 0.00923. The van der Waals surface area contributed by atoms with Gasteiger partial charge in [-0.3, -0.25) is 4.79 Å². The van der Waals surface area contributed by atoms with Crippen molar-refractivity contribution in [2.45, 2.75) is 44.2 Å². The smallest absolute Gasteiger partial charge is 0.407 e. The zero-order valence-electron chi connectivity index (χ0n) is 19.2. The number of alkyl carbamates (subject to hydrolysis) is 1. The predicted octanol–water partition coefficient (Wildman–Crippen LogP) is 3.30. The van der Waals surface area contributed by atoms with E-state index in [1.165, 1.54) is 11.1 Å². The maximum atomic E-state index is 12.3. The molecule has 2 aromatic carbocycles. The van der Waals surface area contributed by atoms with Crippen molar-refractivity contribution in [3.05, 3.63) is 59.7 Å². The molecule has 0 bridgehead atoms. The molecule has 8 nitrogen and oxygen atoms in total. The highest BCUT2D eigenvalue weighted by atomic mass is 16.5. The Kier molecular flexibility index (Phi) is 7.47. The van der Waals surface area contributed by atoms with Crippen LogP contribution in [0.25, 0.3) is 11.1 Å². The van der Waals surface area contributed by atoms with Crippen molar-refractivity contribution in [1.82, 2.24) is 10.6 Å². The maximum absolute atomic E-state index is 12.3. The molecule has 180 valence electrons. The predicted molar refractivity (Wildman–Crippen MR) is 125 cm³/mol. The highest BCUT2D eigenvalue weighted by Gasteiger charge is 2.35. The lowest BCUT2D eigenvalue weighted by atomic mass is 9.98. The molecule has 2 aromatic rings. The normalized spacial score (nSPS) is 19.7. The zero-order chi connectivity index (χ0) is 24.1. The van der Waals surface area contributed by atoms with Gasteiger partial charge in [0.2, 0.25) is 5.91 Å². The minimum atomic E-state index is -1.07. The number of hydrogen-bond acceptors (Lipinski definition) is 5. The van der Waals surface area contributed by atoms with E-state index < -0.39 is 24.2 Å². The molecule has 3 N–H and O–H groups in total. The number of benzene rings is 2. The third kappa shape index (κ3) is 5.39. The van der Waals surface area contributed by atoms with Gasteiger partial charge in [0.25, 0.3) is 0 Å². The van der Waals surface area contributed by atoms with Crippen molar-refractivity contribution >= 4 is 18.0 Å². The van der Waals surface area contributed by atoms with Crippen molar-refractivity contribution in [3.63, 3.8) is 0 Å². The number of rotatable bonds is 9. The van der Waals surface area contributed by atoms with Crippen molar-refractivity contribution in [1.29, 1.82) is 0 Å². The molecule has 1 aliphatic heterocycles. The fourth-order valence-corrected chi connectivity index (χ4v) is 4.74. The number of carbonyl (C=O) groups excluding carboxylic acids is 2. The van der Waals surface area contributed by atoms with Crippen LogP contribution in [-0.2, 0) is 19.1 Å². The van der Waals surface area contributed by atoms with Crippen LogP contribution in [0.3, 0.4) is 0 Å². The molecule has 3 atom stereocenters. The van der Waals surface area contributed by atoms with E-state index in [1.54, 1.807) is 0 Å². The quantitative estimate of drug-likeness (QED) is 0.523. The SMILES string of the molecule is CC(CCNC(=O)OCC1c2ccccc2-c2ccccc21)CC(=O)NC1CCOC1C(=O)O. The number of carboxylic acids is 1. The molecule has 34 heavy (non-hydrogen) atoms. The Morgan fingerprint density at radius 2 is 1.74 bits per heavy atom. The molecule has 2 amide bonds. The summed E-state index contributed by atoms with van der Waals surface area (Å²) in [5, 5.41) is 14.6. The summed E-state index contributed by atoms with van der Waals surface area (Å²) in [5.41, 5.74) is 4.68. The third-order valence-corrected chi connectivity index (χ3v) is 6.47. The number of aliphatic carboxylic acids is 1. The Morgan fingerprint density at radius 3 is 2.38 bits per heavy atom. The van der Waals surface area contributed by atoms with E-state index >= 15 is 0 Å². The first-order valence-corrected chi connectivity index (χ1v) is 11.7. The van der Waals surface area contributed by atoms with Crippen LogP contribution in [0.4, 0.5) is 4.79 Å². The van der Waals surface area contributed by atoms with E-state index in [-0.39, 0.29) is 30.8 Å². The Bertz CT molecular complexity index is 1010. The van der Waals surface area contributed by atoms with Gasteiger partial charge in [0.15, 0.2) is 6.10 Å². The lowest BCUT2D eigenvalue weighted by molar-refractivity contribution is -0.148. The summed E-state index contributed by atoms with van der Waals surface area (Å²) in [6, 6.07) is 15.8. The molecule has 2 aliphatic rings. The molecule has 0 spiro atoms. The largest absolute Gasteiger partial charge is 0.479 e. The van der Waals surface area contributed by atoms with Crippen molar-refractivity contribution in [2.24, 2.45) is 5.92 Å². The summed E-state index contributed by atoms with van der Waals surface area (Å²) in [5.74, 6) is -1.26. The summed E-state index contributed by atoms with van der Waals surface area (Å²) in [6.45, 7) is 2.88. The number of amides is 2. The molecule has 1 heterocycles.